The number of carboxylic acid groups (broad SMARTS) is 1. The summed E-state index contributed by atoms with van der Waals surface area (Å²) < 4.78 is 0. The number of carboxylic acids is 1. The molecule has 0 aromatic carbocycles. The molecule has 104 valence electrons. The van der Waals surface area contributed by atoms with Crippen LogP contribution in [0.2, 0.25) is 0 Å². The third kappa shape index (κ3) is 3.89. The average molecular weight is 271 g/mol. The van der Waals surface area contributed by atoms with E-state index in [0.717, 1.165) is 17.7 Å². The molecular formula is C14H25NO2S. The molecule has 0 spiro atoms. The van der Waals surface area contributed by atoms with E-state index in [1.165, 1.54) is 44.5 Å². The first-order valence-corrected chi connectivity index (χ1v) is 8.29. The van der Waals surface area contributed by atoms with Gasteiger partial charge in [-0.2, -0.15) is 11.8 Å². The zero-order valence-corrected chi connectivity index (χ0v) is 12.1. The standard InChI is InChI=1S/C14H25NO2S/c1-11-13(3-2-10-18-11)15-8-6-12(7-9-15)4-5-14(16)17/h11-13H,2-10H2,1H3,(H,16,17). The number of carbonyl (C=O) groups is 1. The first-order chi connectivity index (χ1) is 8.66. The molecule has 0 bridgehead atoms. The van der Waals surface area contributed by atoms with Gasteiger partial charge in [0.2, 0.25) is 0 Å². The Balaban J connectivity index is 1.74. The first-order valence-electron chi connectivity index (χ1n) is 7.24. The van der Waals surface area contributed by atoms with Crippen LogP contribution in [-0.2, 0) is 4.79 Å². The Labute approximate surface area is 114 Å². The minimum atomic E-state index is -0.644. The predicted octanol–water partition coefficient (Wildman–Crippen LogP) is 2.85. The van der Waals surface area contributed by atoms with Gasteiger partial charge in [0.1, 0.15) is 0 Å². The molecule has 1 N–H and O–H groups in total. The normalized spacial score (nSPS) is 31.4. The number of hydrogen-bond acceptors (Lipinski definition) is 3. The van der Waals surface area contributed by atoms with E-state index >= 15 is 0 Å². The van der Waals surface area contributed by atoms with Crippen LogP contribution in [0.15, 0.2) is 0 Å². The fourth-order valence-electron chi connectivity index (χ4n) is 3.29. The van der Waals surface area contributed by atoms with Crippen molar-refractivity contribution in [3.63, 3.8) is 0 Å². The third-order valence-corrected chi connectivity index (χ3v) is 5.82. The van der Waals surface area contributed by atoms with E-state index in [4.69, 9.17) is 5.11 Å². The maximum atomic E-state index is 10.6. The lowest BCUT2D eigenvalue weighted by Gasteiger charge is -2.42. The van der Waals surface area contributed by atoms with Crippen LogP contribution in [0.1, 0.15) is 45.4 Å². The molecule has 0 aromatic rings. The third-order valence-electron chi connectivity index (χ3n) is 4.45. The average Bonchev–Trinajstić information content (AvgIpc) is 2.38. The number of thioether (sulfide) groups is 1. The molecule has 0 aromatic heterocycles. The van der Waals surface area contributed by atoms with Crippen molar-refractivity contribution in [3.05, 3.63) is 0 Å². The molecule has 2 saturated heterocycles. The van der Waals surface area contributed by atoms with Crippen LogP contribution >= 0.6 is 11.8 Å². The largest absolute Gasteiger partial charge is 0.481 e. The second-order valence-corrected chi connectivity index (χ2v) is 7.18. The van der Waals surface area contributed by atoms with Gasteiger partial charge < -0.3 is 5.11 Å². The predicted molar refractivity (Wildman–Crippen MR) is 76.1 cm³/mol. The summed E-state index contributed by atoms with van der Waals surface area (Å²) in [5.74, 6) is 1.32. The van der Waals surface area contributed by atoms with Crippen molar-refractivity contribution in [1.29, 1.82) is 0 Å². The molecule has 0 radical (unpaired) electrons. The van der Waals surface area contributed by atoms with Crippen LogP contribution in [-0.4, -0.2) is 46.1 Å². The van der Waals surface area contributed by atoms with Gasteiger partial charge in [0.25, 0.3) is 0 Å². The Morgan fingerprint density at radius 1 is 1.33 bits per heavy atom. The SMILES string of the molecule is CC1SCCCC1N1CCC(CCC(=O)O)CC1. The van der Waals surface area contributed by atoms with Gasteiger partial charge in [-0.25, -0.2) is 0 Å². The van der Waals surface area contributed by atoms with Crippen LogP contribution in [0.4, 0.5) is 0 Å². The van der Waals surface area contributed by atoms with Gasteiger partial charge in [0.15, 0.2) is 0 Å². The molecule has 2 fully saturated rings. The molecule has 2 atom stereocenters. The summed E-state index contributed by atoms with van der Waals surface area (Å²) in [7, 11) is 0. The molecule has 0 amide bonds. The minimum absolute atomic E-state index is 0.348. The molecule has 0 aliphatic carbocycles. The van der Waals surface area contributed by atoms with Gasteiger partial charge in [0, 0.05) is 17.7 Å². The topological polar surface area (TPSA) is 40.5 Å². The Kier molecular flexibility index (Phi) is 5.37. The number of piperidine rings is 1. The number of aliphatic carboxylic acids is 1. The van der Waals surface area contributed by atoms with Crippen molar-refractivity contribution in [2.24, 2.45) is 5.92 Å². The van der Waals surface area contributed by atoms with Gasteiger partial charge >= 0.3 is 5.97 Å². The summed E-state index contributed by atoms with van der Waals surface area (Å²) in [5, 5.41) is 9.49. The summed E-state index contributed by atoms with van der Waals surface area (Å²) in [6.07, 6.45) is 6.33. The smallest absolute Gasteiger partial charge is 0.303 e. The number of hydrogen-bond donors (Lipinski definition) is 1. The maximum Gasteiger partial charge on any atom is 0.303 e. The van der Waals surface area contributed by atoms with E-state index in [9.17, 15) is 4.79 Å². The van der Waals surface area contributed by atoms with Crippen molar-refractivity contribution in [2.75, 3.05) is 18.8 Å². The van der Waals surface area contributed by atoms with Gasteiger partial charge in [-0.15, -0.1) is 0 Å². The number of nitrogens with zero attached hydrogens (tertiary/aromatic N) is 1. The highest BCUT2D eigenvalue weighted by molar-refractivity contribution is 7.99. The Hall–Kier alpha value is -0.220. The van der Waals surface area contributed by atoms with Gasteiger partial charge in [-0.1, -0.05) is 6.92 Å². The highest BCUT2D eigenvalue weighted by Crippen LogP contribution is 2.32. The van der Waals surface area contributed by atoms with Crippen LogP contribution < -0.4 is 0 Å². The van der Waals surface area contributed by atoms with Crippen molar-refractivity contribution in [3.8, 4) is 0 Å². The van der Waals surface area contributed by atoms with Crippen LogP contribution in [0.3, 0.4) is 0 Å². The highest BCUT2D eigenvalue weighted by Gasteiger charge is 2.30. The first kappa shape index (κ1) is 14.2. The minimum Gasteiger partial charge on any atom is -0.481 e. The van der Waals surface area contributed by atoms with E-state index in [0.29, 0.717) is 12.3 Å². The van der Waals surface area contributed by atoms with E-state index < -0.39 is 5.97 Å². The van der Waals surface area contributed by atoms with E-state index in [-0.39, 0.29) is 0 Å². The summed E-state index contributed by atoms with van der Waals surface area (Å²) in [6.45, 7) is 4.73. The fourth-order valence-corrected chi connectivity index (χ4v) is 4.52. The molecule has 4 heteroatoms. The fraction of sp³-hybridized carbons (Fsp3) is 0.929. The molecule has 3 nitrogen and oxygen atoms in total. The molecule has 0 saturated carbocycles. The molecule has 2 aliphatic rings. The Bertz CT molecular complexity index is 277. The zero-order valence-electron chi connectivity index (χ0n) is 11.3. The summed E-state index contributed by atoms with van der Waals surface area (Å²) in [5.41, 5.74) is 0. The van der Waals surface area contributed by atoms with Crippen LogP contribution in [0.25, 0.3) is 0 Å². The van der Waals surface area contributed by atoms with Crippen molar-refractivity contribution in [1.82, 2.24) is 4.90 Å². The number of rotatable bonds is 4. The quantitative estimate of drug-likeness (QED) is 0.853. The van der Waals surface area contributed by atoms with Gasteiger partial charge in [-0.3, -0.25) is 9.69 Å². The lowest BCUT2D eigenvalue weighted by atomic mass is 9.90. The molecule has 2 heterocycles. The monoisotopic (exact) mass is 271 g/mol. The van der Waals surface area contributed by atoms with E-state index in [2.05, 4.69) is 23.6 Å². The van der Waals surface area contributed by atoms with E-state index in [1.807, 2.05) is 0 Å². The van der Waals surface area contributed by atoms with Crippen LogP contribution in [0, 0.1) is 5.92 Å². The molecule has 2 aliphatic heterocycles. The van der Waals surface area contributed by atoms with Crippen molar-refractivity contribution in [2.45, 2.75) is 56.7 Å². The highest BCUT2D eigenvalue weighted by atomic mass is 32.2. The van der Waals surface area contributed by atoms with Gasteiger partial charge in [-0.05, 0) is 56.9 Å². The molecular weight excluding hydrogens is 246 g/mol. The van der Waals surface area contributed by atoms with Crippen LogP contribution in [0.5, 0.6) is 0 Å². The molecule has 2 rings (SSSR count). The summed E-state index contributed by atoms with van der Waals surface area (Å²) in [6, 6.07) is 0.768. The maximum absolute atomic E-state index is 10.6. The summed E-state index contributed by atoms with van der Waals surface area (Å²) in [4.78, 5) is 13.2. The second kappa shape index (κ2) is 6.80. The Morgan fingerprint density at radius 2 is 2.06 bits per heavy atom. The van der Waals surface area contributed by atoms with E-state index in [1.54, 1.807) is 0 Å². The molecule has 18 heavy (non-hydrogen) atoms. The van der Waals surface area contributed by atoms with Crippen molar-refractivity contribution >= 4 is 17.7 Å². The lowest BCUT2D eigenvalue weighted by Crippen LogP contribution is -2.47. The second-order valence-electron chi connectivity index (χ2n) is 5.70. The lowest BCUT2D eigenvalue weighted by molar-refractivity contribution is -0.137. The van der Waals surface area contributed by atoms with Gasteiger partial charge in [0.05, 0.1) is 0 Å². The zero-order chi connectivity index (χ0) is 13.0. The summed E-state index contributed by atoms with van der Waals surface area (Å²) >= 11 is 2.12. The van der Waals surface area contributed by atoms with Crippen molar-refractivity contribution < 1.29 is 9.90 Å². The number of likely N-dealkylation sites (tertiary alicyclic amines) is 1. The molecule has 2 unspecified atom stereocenters. The Morgan fingerprint density at radius 3 is 2.67 bits per heavy atom.